The van der Waals surface area contributed by atoms with E-state index in [4.69, 9.17) is 5.26 Å². The first-order chi connectivity index (χ1) is 10.2. The van der Waals surface area contributed by atoms with E-state index >= 15 is 0 Å². The normalized spacial score (nSPS) is 10.5. The van der Waals surface area contributed by atoms with Crippen molar-refractivity contribution in [2.24, 2.45) is 0 Å². The molecular formula is C14H9BrN4OS. The number of nitriles is 1. The lowest BCUT2D eigenvalue weighted by Gasteiger charge is -2.08. The number of aromatic amines is 1. The standard InChI is InChI=1S/C14H9BrN4OS/c15-9-2-1-8(6-16)11(5-9)17-7-12-18-10-3-4-21-13(10)14(20)19-12/h1-5,17H,7H2,(H,18,19,20). The number of nitrogens with one attached hydrogen (secondary N) is 2. The highest BCUT2D eigenvalue weighted by Gasteiger charge is 2.07. The lowest BCUT2D eigenvalue weighted by molar-refractivity contribution is 0.955. The number of hydrogen-bond acceptors (Lipinski definition) is 5. The maximum atomic E-state index is 11.9. The van der Waals surface area contributed by atoms with Crippen LogP contribution in [0.5, 0.6) is 0 Å². The summed E-state index contributed by atoms with van der Waals surface area (Å²) in [5, 5.41) is 14.0. The molecule has 3 rings (SSSR count). The predicted molar refractivity (Wildman–Crippen MR) is 86.4 cm³/mol. The Labute approximate surface area is 132 Å². The van der Waals surface area contributed by atoms with E-state index in [2.05, 4.69) is 37.3 Å². The Bertz CT molecular complexity index is 909. The van der Waals surface area contributed by atoms with Crippen LogP contribution in [0.3, 0.4) is 0 Å². The quantitative estimate of drug-likeness (QED) is 0.751. The lowest BCUT2D eigenvalue weighted by atomic mass is 10.2. The van der Waals surface area contributed by atoms with Gasteiger partial charge in [-0.05, 0) is 29.6 Å². The predicted octanol–water partition coefficient (Wildman–Crippen LogP) is 3.23. The Morgan fingerprint density at radius 3 is 3.10 bits per heavy atom. The van der Waals surface area contributed by atoms with Crippen LogP contribution < -0.4 is 10.9 Å². The highest BCUT2D eigenvalue weighted by molar-refractivity contribution is 9.10. The zero-order valence-corrected chi connectivity index (χ0v) is 13.1. The van der Waals surface area contributed by atoms with Gasteiger partial charge >= 0.3 is 0 Å². The maximum absolute atomic E-state index is 11.9. The zero-order chi connectivity index (χ0) is 14.8. The second kappa shape index (κ2) is 5.68. The molecule has 104 valence electrons. The summed E-state index contributed by atoms with van der Waals surface area (Å²) in [4.78, 5) is 19.0. The fourth-order valence-corrected chi connectivity index (χ4v) is 3.03. The molecule has 0 aliphatic heterocycles. The topological polar surface area (TPSA) is 81.6 Å². The Kier molecular flexibility index (Phi) is 3.73. The largest absolute Gasteiger partial charge is 0.377 e. The van der Waals surface area contributed by atoms with Crippen LogP contribution in [0.25, 0.3) is 10.2 Å². The minimum atomic E-state index is -0.137. The van der Waals surface area contributed by atoms with Gasteiger partial charge < -0.3 is 10.3 Å². The molecule has 2 N–H and O–H groups in total. The smallest absolute Gasteiger partial charge is 0.268 e. The van der Waals surface area contributed by atoms with Crippen molar-refractivity contribution in [1.82, 2.24) is 9.97 Å². The molecule has 0 unspecified atom stereocenters. The molecule has 0 saturated carbocycles. The minimum absolute atomic E-state index is 0.137. The van der Waals surface area contributed by atoms with Crippen LogP contribution in [0.15, 0.2) is 38.9 Å². The highest BCUT2D eigenvalue weighted by Crippen LogP contribution is 2.21. The number of hydrogen-bond donors (Lipinski definition) is 2. The van der Waals surface area contributed by atoms with E-state index in [0.717, 1.165) is 4.47 Å². The van der Waals surface area contributed by atoms with Gasteiger partial charge in [0, 0.05) is 4.47 Å². The van der Waals surface area contributed by atoms with E-state index in [9.17, 15) is 4.79 Å². The van der Waals surface area contributed by atoms with Crippen LogP contribution in [0.2, 0.25) is 0 Å². The number of benzene rings is 1. The van der Waals surface area contributed by atoms with E-state index in [1.165, 1.54) is 11.3 Å². The van der Waals surface area contributed by atoms with Crippen molar-refractivity contribution in [2.45, 2.75) is 6.54 Å². The second-order valence-electron chi connectivity index (χ2n) is 4.30. The first-order valence-electron chi connectivity index (χ1n) is 6.07. The van der Waals surface area contributed by atoms with Crippen LogP contribution in [-0.4, -0.2) is 9.97 Å². The number of fused-ring (bicyclic) bond motifs is 1. The summed E-state index contributed by atoms with van der Waals surface area (Å²) < 4.78 is 1.50. The number of nitrogens with zero attached hydrogens (tertiary/aromatic N) is 2. The van der Waals surface area contributed by atoms with Crippen LogP contribution >= 0.6 is 27.3 Å². The van der Waals surface area contributed by atoms with Crippen molar-refractivity contribution in [3.63, 3.8) is 0 Å². The molecule has 0 aliphatic carbocycles. The summed E-state index contributed by atoms with van der Waals surface area (Å²) in [5.74, 6) is 0.537. The van der Waals surface area contributed by atoms with E-state index < -0.39 is 0 Å². The highest BCUT2D eigenvalue weighted by atomic mass is 79.9. The van der Waals surface area contributed by atoms with Gasteiger partial charge in [-0.2, -0.15) is 5.26 Å². The zero-order valence-electron chi connectivity index (χ0n) is 10.7. The van der Waals surface area contributed by atoms with Gasteiger partial charge in [0.2, 0.25) is 0 Å². The van der Waals surface area contributed by atoms with E-state index in [1.54, 1.807) is 12.1 Å². The molecule has 5 nitrogen and oxygen atoms in total. The van der Waals surface area contributed by atoms with Gasteiger partial charge in [-0.1, -0.05) is 15.9 Å². The molecule has 2 aromatic heterocycles. The molecular weight excluding hydrogens is 352 g/mol. The molecule has 0 saturated heterocycles. The average Bonchev–Trinajstić information content (AvgIpc) is 2.94. The fraction of sp³-hybridized carbons (Fsp3) is 0.0714. The van der Waals surface area contributed by atoms with Crippen molar-refractivity contribution < 1.29 is 0 Å². The molecule has 3 aromatic rings. The summed E-state index contributed by atoms with van der Waals surface area (Å²) in [6.45, 7) is 0.339. The van der Waals surface area contributed by atoms with Crippen LogP contribution in [-0.2, 0) is 6.54 Å². The molecule has 7 heteroatoms. The first-order valence-corrected chi connectivity index (χ1v) is 7.74. The number of aromatic nitrogens is 2. The molecule has 0 atom stereocenters. The summed E-state index contributed by atoms with van der Waals surface area (Å²) in [6.07, 6.45) is 0. The molecule has 0 amide bonds. The molecule has 0 spiro atoms. The minimum Gasteiger partial charge on any atom is -0.377 e. The molecule has 0 bridgehead atoms. The SMILES string of the molecule is N#Cc1ccc(Br)cc1NCc1nc2ccsc2c(=O)[nH]1. The van der Waals surface area contributed by atoms with Gasteiger partial charge in [-0.3, -0.25) is 4.79 Å². The van der Waals surface area contributed by atoms with Crippen LogP contribution in [0.4, 0.5) is 5.69 Å². The average molecular weight is 361 g/mol. The molecule has 0 radical (unpaired) electrons. The third-order valence-electron chi connectivity index (χ3n) is 2.91. The van der Waals surface area contributed by atoms with Crippen molar-refractivity contribution in [2.75, 3.05) is 5.32 Å². The van der Waals surface area contributed by atoms with Gasteiger partial charge in [0.25, 0.3) is 5.56 Å². The molecule has 21 heavy (non-hydrogen) atoms. The lowest BCUT2D eigenvalue weighted by Crippen LogP contribution is -2.13. The second-order valence-corrected chi connectivity index (χ2v) is 6.13. The maximum Gasteiger partial charge on any atom is 0.268 e. The number of thiophene rings is 1. The number of halogens is 1. The van der Waals surface area contributed by atoms with E-state index in [0.29, 0.717) is 33.8 Å². The Balaban J connectivity index is 1.88. The van der Waals surface area contributed by atoms with Gasteiger partial charge in [0.15, 0.2) is 0 Å². The third kappa shape index (κ3) is 2.82. The summed E-state index contributed by atoms with van der Waals surface area (Å²) in [6, 6.07) is 9.29. The van der Waals surface area contributed by atoms with Gasteiger partial charge in [0.1, 0.15) is 16.6 Å². The number of H-pyrrole nitrogens is 1. The first kappa shape index (κ1) is 13.8. The van der Waals surface area contributed by atoms with Crippen molar-refractivity contribution in [1.29, 1.82) is 5.26 Å². The van der Waals surface area contributed by atoms with Crippen molar-refractivity contribution in [3.8, 4) is 6.07 Å². The fourth-order valence-electron chi connectivity index (χ4n) is 1.94. The number of anilines is 1. The Morgan fingerprint density at radius 2 is 2.29 bits per heavy atom. The molecule has 0 aliphatic rings. The van der Waals surface area contributed by atoms with Crippen molar-refractivity contribution in [3.05, 3.63) is 55.9 Å². The Hall–Kier alpha value is -2.17. The monoisotopic (exact) mass is 360 g/mol. The summed E-state index contributed by atoms with van der Waals surface area (Å²) >= 11 is 4.74. The summed E-state index contributed by atoms with van der Waals surface area (Å²) in [7, 11) is 0. The van der Waals surface area contributed by atoms with Crippen molar-refractivity contribution >= 4 is 43.2 Å². The molecule has 1 aromatic carbocycles. The Morgan fingerprint density at radius 1 is 1.43 bits per heavy atom. The van der Waals surface area contributed by atoms with E-state index in [1.807, 2.05) is 17.5 Å². The molecule has 0 fully saturated rings. The summed E-state index contributed by atoms with van der Waals surface area (Å²) in [5.41, 5.74) is 1.79. The van der Waals surface area contributed by atoms with E-state index in [-0.39, 0.29) is 5.56 Å². The van der Waals surface area contributed by atoms with Gasteiger partial charge in [-0.15, -0.1) is 11.3 Å². The van der Waals surface area contributed by atoms with Gasteiger partial charge in [-0.25, -0.2) is 4.98 Å². The third-order valence-corrected chi connectivity index (χ3v) is 4.31. The van der Waals surface area contributed by atoms with Crippen LogP contribution in [0.1, 0.15) is 11.4 Å². The van der Waals surface area contributed by atoms with Crippen LogP contribution in [0, 0.1) is 11.3 Å². The van der Waals surface area contributed by atoms with Gasteiger partial charge in [0.05, 0.1) is 23.3 Å². The number of rotatable bonds is 3. The molecule has 2 heterocycles.